The molecule has 0 aromatic heterocycles. The molecule has 0 aliphatic carbocycles. The maximum atomic E-state index is 2.57. The van der Waals surface area contributed by atoms with E-state index in [-0.39, 0.29) is 0 Å². The van der Waals surface area contributed by atoms with E-state index in [2.05, 4.69) is 43.0 Å². The first-order valence-corrected chi connectivity index (χ1v) is 8.53. The van der Waals surface area contributed by atoms with Crippen LogP contribution in [-0.4, -0.2) is 29.1 Å². The quantitative estimate of drug-likeness (QED) is 0.487. The molecule has 0 aromatic carbocycles. The second-order valence-corrected chi connectivity index (χ2v) is 5.81. The highest BCUT2D eigenvalue weighted by Gasteiger charge is 2.24. The summed E-state index contributed by atoms with van der Waals surface area (Å²) in [6.07, 6.45) is 17.4. The maximum Gasteiger partial charge on any atom is 0.101 e. The van der Waals surface area contributed by atoms with Crippen LogP contribution in [0.4, 0.5) is 0 Å². The lowest BCUT2D eigenvalue weighted by atomic mass is 10.1. The van der Waals surface area contributed by atoms with Crippen LogP contribution in [0.3, 0.4) is 0 Å². The highest BCUT2D eigenvalue weighted by Crippen LogP contribution is 2.22. The van der Waals surface area contributed by atoms with E-state index in [1.807, 2.05) is 0 Å². The fourth-order valence-electron chi connectivity index (χ4n) is 2.87. The zero-order valence-electron chi connectivity index (χ0n) is 13.4. The first-order chi connectivity index (χ1) is 9.33. The van der Waals surface area contributed by atoms with E-state index >= 15 is 0 Å². The van der Waals surface area contributed by atoms with E-state index in [9.17, 15) is 0 Å². The van der Waals surface area contributed by atoms with Crippen molar-refractivity contribution in [2.75, 3.05) is 13.1 Å². The van der Waals surface area contributed by atoms with Crippen molar-refractivity contribution in [2.45, 2.75) is 84.7 Å². The standard InChI is InChI=1S/C17H34N2/c1-4-7-9-10-11-12-17-18(13-6-3)15-16-19(17)14-8-5-2/h15-17H,4-14H2,1-3H3. The summed E-state index contributed by atoms with van der Waals surface area (Å²) in [6.45, 7) is 9.28. The van der Waals surface area contributed by atoms with Gasteiger partial charge in [-0.2, -0.15) is 0 Å². The third-order valence-corrected chi connectivity index (χ3v) is 4.03. The van der Waals surface area contributed by atoms with Crippen LogP contribution in [0, 0.1) is 0 Å². The molecule has 0 bridgehead atoms. The van der Waals surface area contributed by atoms with Crippen LogP contribution in [-0.2, 0) is 0 Å². The van der Waals surface area contributed by atoms with Gasteiger partial charge in [-0.05, 0) is 25.7 Å². The predicted octanol–water partition coefficient (Wildman–Crippen LogP) is 4.97. The van der Waals surface area contributed by atoms with Crippen LogP contribution in [0.25, 0.3) is 0 Å². The first-order valence-electron chi connectivity index (χ1n) is 8.53. The van der Waals surface area contributed by atoms with Gasteiger partial charge in [-0.1, -0.05) is 52.9 Å². The van der Waals surface area contributed by atoms with Gasteiger partial charge in [0, 0.05) is 25.5 Å². The molecule has 2 nitrogen and oxygen atoms in total. The van der Waals surface area contributed by atoms with E-state index in [1.54, 1.807) is 0 Å². The van der Waals surface area contributed by atoms with Gasteiger partial charge in [0.05, 0.1) is 0 Å². The molecule has 0 saturated carbocycles. The zero-order valence-corrected chi connectivity index (χ0v) is 13.4. The molecule has 0 fully saturated rings. The Morgan fingerprint density at radius 1 is 0.684 bits per heavy atom. The number of unbranched alkanes of at least 4 members (excludes halogenated alkanes) is 5. The molecular formula is C17H34N2. The normalized spacial score (nSPS) is 18.6. The Morgan fingerprint density at radius 2 is 1.32 bits per heavy atom. The highest BCUT2D eigenvalue weighted by atomic mass is 15.4. The first kappa shape index (κ1) is 16.4. The molecule has 112 valence electrons. The minimum atomic E-state index is 0.646. The minimum Gasteiger partial charge on any atom is -0.356 e. The van der Waals surface area contributed by atoms with Gasteiger partial charge in [0.15, 0.2) is 0 Å². The summed E-state index contributed by atoms with van der Waals surface area (Å²) in [5.41, 5.74) is 0. The Kier molecular flexibility index (Phi) is 8.77. The molecule has 1 atom stereocenters. The lowest BCUT2D eigenvalue weighted by Gasteiger charge is -2.33. The molecule has 0 spiro atoms. The van der Waals surface area contributed by atoms with Gasteiger partial charge in [-0.3, -0.25) is 0 Å². The van der Waals surface area contributed by atoms with Gasteiger partial charge in [-0.15, -0.1) is 0 Å². The van der Waals surface area contributed by atoms with E-state index in [4.69, 9.17) is 0 Å². The minimum absolute atomic E-state index is 0.646. The Balaban J connectivity index is 2.33. The molecule has 1 rings (SSSR count). The average molecular weight is 266 g/mol. The molecule has 1 aliphatic rings. The molecule has 0 N–H and O–H groups in total. The lowest BCUT2D eigenvalue weighted by molar-refractivity contribution is 0.138. The Hall–Kier alpha value is -0.660. The van der Waals surface area contributed by atoms with Crippen molar-refractivity contribution in [2.24, 2.45) is 0 Å². The SMILES string of the molecule is CCCCCCCC1N(CCC)C=CN1CCCC. The van der Waals surface area contributed by atoms with Gasteiger partial charge in [0.25, 0.3) is 0 Å². The molecule has 1 heterocycles. The summed E-state index contributed by atoms with van der Waals surface area (Å²) in [7, 11) is 0. The molecule has 1 unspecified atom stereocenters. The van der Waals surface area contributed by atoms with Crippen molar-refractivity contribution >= 4 is 0 Å². The van der Waals surface area contributed by atoms with E-state index in [1.165, 1.54) is 70.9 Å². The van der Waals surface area contributed by atoms with Crippen molar-refractivity contribution in [3.05, 3.63) is 12.4 Å². The van der Waals surface area contributed by atoms with Crippen molar-refractivity contribution < 1.29 is 0 Å². The summed E-state index contributed by atoms with van der Waals surface area (Å²) >= 11 is 0. The number of rotatable bonds is 11. The van der Waals surface area contributed by atoms with Crippen LogP contribution in [0.1, 0.15) is 78.6 Å². The monoisotopic (exact) mass is 266 g/mol. The zero-order chi connectivity index (χ0) is 13.9. The number of hydrogen-bond acceptors (Lipinski definition) is 2. The van der Waals surface area contributed by atoms with Gasteiger partial charge < -0.3 is 9.80 Å². The highest BCUT2D eigenvalue weighted by molar-refractivity contribution is 4.96. The van der Waals surface area contributed by atoms with Crippen LogP contribution >= 0.6 is 0 Å². The van der Waals surface area contributed by atoms with E-state index < -0.39 is 0 Å². The van der Waals surface area contributed by atoms with E-state index in [0.717, 1.165) is 0 Å². The molecule has 0 radical (unpaired) electrons. The van der Waals surface area contributed by atoms with Gasteiger partial charge in [-0.25, -0.2) is 0 Å². The van der Waals surface area contributed by atoms with Gasteiger partial charge >= 0.3 is 0 Å². The summed E-state index contributed by atoms with van der Waals surface area (Å²) < 4.78 is 0. The summed E-state index contributed by atoms with van der Waals surface area (Å²) in [5.74, 6) is 0. The maximum absolute atomic E-state index is 2.57. The smallest absolute Gasteiger partial charge is 0.101 e. The van der Waals surface area contributed by atoms with Crippen molar-refractivity contribution in [3.63, 3.8) is 0 Å². The Bertz CT molecular complexity index is 237. The summed E-state index contributed by atoms with van der Waals surface area (Å²) in [4.78, 5) is 5.12. The van der Waals surface area contributed by atoms with Crippen LogP contribution < -0.4 is 0 Å². The third-order valence-electron chi connectivity index (χ3n) is 4.03. The predicted molar refractivity (Wildman–Crippen MR) is 84.9 cm³/mol. The van der Waals surface area contributed by atoms with Gasteiger partial charge in [0.2, 0.25) is 0 Å². The molecule has 1 aliphatic heterocycles. The van der Waals surface area contributed by atoms with Crippen molar-refractivity contribution in [1.82, 2.24) is 9.80 Å². The number of nitrogens with zero attached hydrogens (tertiary/aromatic N) is 2. The van der Waals surface area contributed by atoms with Crippen LogP contribution in [0.15, 0.2) is 12.4 Å². The summed E-state index contributed by atoms with van der Waals surface area (Å²) in [5, 5.41) is 0. The Morgan fingerprint density at radius 3 is 1.95 bits per heavy atom. The second kappa shape index (κ2) is 10.2. The molecule has 0 aromatic rings. The lowest BCUT2D eigenvalue weighted by Crippen LogP contribution is -2.39. The Labute approximate surface area is 120 Å². The summed E-state index contributed by atoms with van der Waals surface area (Å²) in [6, 6.07) is 0. The van der Waals surface area contributed by atoms with Crippen molar-refractivity contribution in [1.29, 1.82) is 0 Å². The second-order valence-electron chi connectivity index (χ2n) is 5.81. The largest absolute Gasteiger partial charge is 0.356 e. The van der Waals surface area contributed by atoms with Gasteiger partial charge in [0.1, 0.15) is 6.17 Å². The molecule has 0 amide bonds. The number of hydrogen-bond donors (Lipinski definition) is 0. The van der Waals surface area contributed by atoms with Crippen LogP contribution in [0.5, 0.6) is 0 Å². The van der Waals surface area contributed by atoms with E-state index in [0.29, 0.717) is 6.17 Å². The average Bonchev–Trinajstić information content (AvgIpc) is 2.79. The van der Waals surface area contributed by atoms with Crippen LogP contribution in [0.2, 0.25) is 0 Å². The third kappa shape index (κ3) is 5.88. The molecular weight excluding hydrogens is 232 g/mol. The molecule has 2 heteroatoms. The fourth-order valence-corrected chi connectivity index (χ4v) is 2.87. The molecule has 0 saturated heterocycles. The topological polar surface area (TPSA) is 6.48 Å². The molecule has 19 heavy (non-hydrogen) atoms. The van der Waals surface area contributed by atoms with Crippen molar-refractivity contribution in [3.8, 4) is 0 Å². The fraction of sp³-hybridized carbons (Fsp3) is 0.882.